The monoisotopic (exact) mass is 183 g/mol. The summed E-state index contributed by atoms with van der Waals surface area (Å²) in [7, 11) is 0. The summed E-state index contributed by atoms with van der Waals surface area (Å²) in [6, 6.07) is 0. The molecule has 0 N–H and O–H groups in total. The summed E-state index contributed by atoms with van der Waals surface area (Å²) in [5.74, 6) is -0.199. The van der Waals surface area contributed by atoms with Crippen LogP contribution in [0.3, 0.4) is 0 Å². The zero-order valence-electron chi connectivity index (χ0n) is 7.71. The average molecular weight is 183 g/mol. The van der Waals surface area contributed by atoms with Gasteiger partial charge in [-0.05, 0) is 0 Å². The molecule has 1 aliphatic heterocycles. The van der Waals surface area contributed by atoms with Crippen LogP contribution in [0, 0.1) is 0 Å². The van der Waals surface area contributed by atoms with Gasteiger partial charge in [-0.15, -0.1) is 0 Å². The van der Waals surface area contributed by atoms with Gasteiger partial charge < -0.3 is 0 Å². The smallest absolute Gasteiger partial charge is 0.229 e. The van der Waals surface area contributed by atoms with Crippen molar-refractivity contribution in [1.29, 1.82) is 0 Å². The van der Waals surface area contributed by atoms with E-state index in [1.807, 2.05) is 0 Å². The van der Waals surface area contributed by atoms with Crippen molar-refractivity contribution >= 4 is 17.6 Å². The third-order valence-electron chi connectivity index (χ3n) is 2.16. The Morgan fingerprint density at radius 1 is 1.31 bits per heavy atom. The molecule has 72 valence electrons. The number of carbonyl (C=O) groups excluding carboxylic acids is 3. The van der Waals surface area contributed by atoms with Gasteiger partial charge in [-0.1, -0.05) is 6.92 Å². The molecular weight excluding hydrogens is 170 g/mol. The first-order chi connectivity index (χ1) is 6.15. The fourth-order valence-corrected chi connectivity index (χ4v) is 1.29. The van der Waals surface area contributed by atoms with Crippen LogP contribution < -0.4 is 0 Å². The highest BCUT2D eigenvalue weighted by atomic mass is 16.2. The van der Waals surface area contributed by atoms with Gasteiger partial charge in [0.15, 0.2) is 0 Å². The standard InChI is InChI=1S/C9H13NO3/c1-2-7(11)5-6-10-8(12)3-4-9(10)13/h2-6H2,1H3. The summed E-state index contributed by atoms with van der Waals surface area (Å²) in [5.41, 5.74) is 0. The minimum absolute atomic E-state index is 0.0903. The van der Waals surface area contributed by atoms with Gasteiger partial charge in [0.1, 0.15) is 5.78 Å². The second-order valence-corrected chi connectivity index (χ2v) is 3.08. The Labute approximate surface area is 76.9 Å². The topological polar surface area (TPSA) is 54.5 Å². The molecule has 1 fully saturated rings. The Kier molecular flexibility index (Phi) is 3.17. The van der Waals surface area contributed by atoms with E-state index in [4.69, 9.17) is 0 Å². The number of hydrogen-bond acceptors (Lipinski definition) is 3. The predicted octanol–water partition coefficient (Wildman–Crippen LogP) is 0.505. The van der Waals surface area contributed by atoms with Gasteiger partial charge in [-0.25, -0.2) is 0 Å². The highest BCUT2D eigenvalue weighted by molar-refractivity contribution is 6.02. The van der Waals surface area contributed by atoms with E-state index in [0.29, 0.717) is 25.7 Å². The number of imide groups is 1. The van der Waals surface area contributed by atoms with Crippen molar-refractivity contribution < 1.29 is 14.4 Å². The lowest BCUT2D eigenvalue weighted by Gasteiger charge is -2.11. The molecule has 0 radical (unpaired) electrons. The van der Waals surface area contributed by atoms with Crippen LogP contribution in [0.5, 0.6) is 0 Å². The second kappa shape index (κ2) is 4.16. The van der Waals surface area contributed by atoms with Crippen LogP contribution >= 0.6 is 0 Å². The molecule has 1 aliphatic rings. The molecule has 4 nitrogen and oxygen atoms in total. The molecule has 0 saturated carbocycles. The van der Waals surface area contributed by atoms with Gasteiger partial charge in [-0.2, -0.15) is 0 Å². The van der Waals surface area contributed by atoms with E-state index in [1.54, 1.807) is 6.92 Å². The molecular formula is C9H13NO3. The third kappa shape index (κ3) is 2.37. The number of Topliss-reactive ketones (excluding diaryl/α,β-unsaturated/α-hetero) is 1. The van der Waals surface area contributed by atoms with E-state index in [9.17, 15) is 14.4 Å². The first-order valence-corrected chi connectivity index (χ1v) is 4.50. The van der Waals surface area contributed by atoms with Crippen molar-refractivity contribution in [2.45, 2.75) is 32.6 Å². The molecule has 1 heterocycles. The number of ketones is 1. The minimum Gasteiger partial charge on any atom is -0.300 e. The molecule has 2 amide bonds. The molecule has 0 unspecified atom stereocenters. The van der Waals surface area contributed by atoms with Crippen molar-refractivity contribution in [2.75, 3.05) is 6.54 Å². The van der Waals surface area contributed by atoms with Crippen LogP contribution in [0.2, 0.25) is 0 Å². The quantitative estimate of drug-likeness (QED) is 0.596. The molecule has 0 aromatic carbocycles. The maximum Gasteiger partial charge on any atom is 0.229 e. The molecule has 0 atom stereocenters. The number of nitrogens with zero attached hydrogens (tertiary/aromatic N) is 1. The Bertz CT molecular complexity index is 231. The summed E-state index contributed by atoms with van der Waals surface area (Å²) in [6.07, 6.45) is 1.38. The zero-order valence-corrected chi connectivity index (χ0v) is 7.71. The van der Waals surface area contributed by atoms with Crippen molar-refractivity contribution in [1.82, 2.24) is 4.90 Å². The van der Waals surface area contributed by atoms with E-state index in [0.717, 1.165) is 0 Å². The molecule has 4 heteroatoms. The maximum atomic E-state index is 11.1. The van der Waals surface area contributed by atoms with Gasteiger partial charge in [0.2, 0.25) is 11.8 Å². The minimum atomic E-state index is -0.145. The summed E-state index contributed by atoms with van der Waals surface area (Å²) < 4.78 is 0. The van der Waals surface area contributed by atoms with Crippen LogP contribution in [-0.4, -0.2) is 29.0 Å². The lowest BCUT2D eigenvalue weighted by molar-refractivity contribution is -0.138. The number of hydrogen-bond donors (Lipinski definition) is 0. The van der Waals surface area contributed by atoms with Crippen LogP contribution in [-0.2, 0) is 14.4 Å². The van der Waals surface area contributed by atoms with Crippen molar-refractivity contribution in [3.63, 3.8) is 0 Å². The van der Waals surface area contributed by atoms with E-state index in [2.05, 4.69) is 0 Å². The van der Waals surface area contributed by atoms with Gasteiger partial charge in [-0.3, -0.25) is 19.3 Å². The lowest BCUT2D eigenvalue weighted by Crippen LogP contribution is -2.31. The first-order valence-electron chi connectivity index (χ1n) is 4.50. The first kappa shape index (κ1) is 9.89. The van der Waals surface area contributed by atoms with Gasteiger partial charge >= 0.3 is 0 Å². The maximum absolute atomic E-state index is 11.1. The Balaban J connectivity index is 2.40. The summed E-state index contributed by atoms with van der Waals surface area (Å²) in [6.45, 7) is 2.04. The van der Waals surface area contributed by atoms with Crippen molar-refractivity contribution in [3.05, 3.63) is 0 Å². The van der Waals surface area contributed by atoms with Crippen LogP contribution in [0.4, 0.5) is 0 Å². The van der Waals surface area contributed by atoms with Crippen LogP contribution in [0.15, 0.2) is 0 Å². The molecule has 0 aromatic heterocycles. The summed E-state index contributed by atoms with van der Waals surface area (Å²) in [5, 5.41) is 0. The summed E-state index contributed by atoms with van der Waals surface area (Å²) >= 11 is 0. The number of likely N-dealkylation sites (tertiary alicyclic amines) is 1. The second-order valence-electron chi connectivity index (χ2n) is 3.08. The van der Waals surface area contributed by atoms with Gasteiger partial charge in [0, 0.05) is 32.2 Å². The molecule has 0 spiro atoms. The lowest BCUT2D eigenvalue weighted by atomic mass is 10.2. The highest BCUT2D eigenvalue weighted by Crippen LogP contribution is 2.11. The fourth-order valence-electron chi connectivity index (χ4n) is 1.29. The summed E-state index contributed by atoms with van der Waals surface area (Å²) in [4.78, 5) is 34.3. The molecule has 13 heavy (non-hydrogen) atoms. The SMILES string of the molecule is CCC(=O)CCN1C(=O)CCC1=O. The van der Waals surface area contributed by atoms with E-state index in [-0.39, 0.29) is 24.1 Å². The van der Waals surface area contributed by atoms with E-state index in [1.165, 1.54) is 4.90 Å². The van der Waals surface area contributed by atoms with E-state index < -0.39 is 0 Å². The van der Waals surface area contributed by atoms with Crippen molar-refractivity contribution in [3.8, 4) is 0 Å². The molecule has 1 rings (SSSR count). The third-order valence-corrected chi connectivity index (χ3v) is 2.16. The van der Waals surface area contributed by atoms with E-state index >= 15 is 0 Å². The predicted molar refractivity (Wildman–Crippen MR) is 45.9 cm³/mol. The number of carbonyl (C=O) groups is 3. The van der Waals surface area contributed by atoms with Gasteiger partial charge in [0.25, 0.3) is 0 Å². The molecule has 0 aromatic rings. The van der Waals surface area contributed by atoms with Crippen molar-refractivity contribution in [2.24, 2.45) is 0 Å². The van der Waals surface area contributed by atoms with Gasteiger partial charge in [0.05, 0.1) is 0 Å². The molecule has 0 aliphatic carbocycles. The normalized spacial score (nSPS) is 16.8. The average Bonchev–Trinajstić information content (AvgIpc) is 2.43. The van der Waals surface area contributed by atoms with Crippen LogP contribution in [0.25, 0.3) is 0 Å². The highest BCUT2D eigenvalue weighted by Gasteiger charge is 2.28. The largest absolute Gasteiger partial charge is 0.300 e. The fraction of sp³-hybridized carbons (Fsp3) is 0.667. The number of amides is 2. The molecule has 1 saturated heterocycles. The van der Waals surface area contributed by atoms with Crippen LogP contribution in [0.1, 0.15) is 32.6 Å². The molecule has 0 bridgehead atoms. The zero-order chi connectivity index (χ0) is 9.84. The Morgan fingerprint density at radius 3 is 2.31 bits per heavy atom. The number of rotatable bonds is 4. The Hall–Kier alpha value is -1.19. The Morgan fingerprint density at radius 2 is 1.85 bits per heavy atom.